The molecule has 0 fully saturated rings. The highest BCUT2D eigenvalue weighted by molar-refractivity contribution is 7.99. The van der Waals surface area contributed by atoms with Crippen LogP contribution in [-0.4, -0.2) is 31.3 Å². The molecule has 3 rings (SSSR count). The van der Waals surface area contributed by atoms with Crippen molar-refractivity contribution in [1.29, 1.82) is 0 Å². The monoisotopic (exact) mass is 501 g/mol. The van der Waals surface area contributed by atoms with E-state index >= 15 is 0 Å². The number of halogens is 1. The summed E-state index contributed by atoms with van der Waals surface area (Å²) in [5, 5.41) is 23.6. The lowest BCUT2D eigenvalue weighted by Crippen LogP contribution is -2.14. The molecule has 0 spiro atoms. The van der Waals surface area contributed by atoms with Crippen LogP contribution in [-0.2, 0) is 11.3 Å². The Hall–Kier alpha value is -2.91. The van der Waals surface area contributed by atoms with Crippen molar-refractivity contribution in [2.45, 2.75) is 57.1 Å². The first kappa shape index (κ1) is 25.7. The van der Waals surface area contributed by atoms with Crippen molar-refractivity contribution in [3.05, 3.63) is 63.7 Å². The van der Waals surface area contributed by atoms with Gasteiger partial charge >= 0.3 is 0 Å². The molecule has 0 saturated heterocycles. The maximum Gasteiger partial charge on any atom is 0.269 e. The van der Waals surface area contributed by atoms with Gasteiger partial charge in [-0.25, -0.2) is 0 Å². The van der Waals surface area contributed by atoms with Crippen molar-refractivity contribution in [3.8, 4) is 11.4 Å². The first-order valence-corrected chi connectivity index (χ1v) is 12.7. The summed E-state index contributed by atoms with van der Waals surface area (Å²) < 4.78 is 2.06. The topological polar surface area (TPSA) is 103 Å². The first-order chi connectivity index (χ1) is 16.5. The van der Waals surface area contributed by atoms with Gasteiger partial charge in [-0.3, -0.25) is 14.9 Å². The van der Waals surface area contributed by atoms with Crippen molar-refractivity contribution in [2.24, 2.45) is 0 Å². The van der Waals surface area contributed by atoms with Gasteiger partial charge in [0, 0.05) is 35.0 Å². The molecule has 8 nitrogen and oxygen atoms in total. The third-order valence-electron chi connectivity index (χ3n) is 5.25. The number of nitrogens with zero attached hydrogens (tertiary/aromatic N) is 4. The van der Waals surface area contributed by atoms with Crippen LogP contribution in [0.5, 0.6) is 0 Å². The van der Waals surface area contributed by atoms with E-state index in [9.17, 15) is 14.9 Å². The molecule has 0 atom stereocenters. The highest BCUT2D eigenvalue weighted by Gasteiger charge is 2.16. The third-order valence-corrected chi connectivity index (χ3v) is 6.47. The smallest absolute Gasteiger partial charge is 0.269 e. The standard InChI is InChI=1S/C24H28ClN5O3S/c1-2-3-4-5-6-7-16-29-23(18-8-10-19(25)11-9-18)27-28-24(29)34-17-22(31)26-20-12-14-21(15-13-20)30(32)33/h8-15H,2-7,16-17H2,1H3,(H,26,31). The molecule has 3 aromatic rings. The highest BCUT2D eigenvalue weighted by atomic mass is 35.5. The van der Waals surface area contributed by atoms with Crippen LogP contribution in [0.3, 0.4) is 0 Å². The van der Waals surface area contributed by atoms with Gasteiger partial charge in [-0.15, -0.1) is 10.2 Å². The Morgan fingerprint density at radius 2 is 1.71 bits per heavy atom. The lowest BCUT2D eigenvalue weighted by Gasteiger charge is -2.11. The van der Waals surface area contributed by atoms with E-state index in [4.69, 9.17) is 11.6 Å². The molecule has 0 aliphatic heterocycles. The summed E-state index contributed by atoms with van der Waals surface area (Å²) in [6.07, 6.45) is 7.05. The summed E-state index contributed by atoms with van der Waals surface area (Å²) in [6.45, 7) is 2.97. The average Bonchev–Trinajstić information content (AvgIpc) is 3.23. The minimum atomic E-state index is -0.476. The van der Waals surface area contributed by atoms with Crippen molar-refractivity contribution in [1.82, 2.24) is 14.8 Å². The molecule has 2 aromatic carbocycles. The third kappa shape index (κ3) is 7.56. The minimum Gasteiger partial charge on any atom is -0.325 e. The number of anilines is 1. The Morgan fingerprint density at radius 3 is 2.38 bits per heavy atom. The van der Waals surface area contributed by atoms with Crippen LogP contribution >= 0.6 is 23.4 Å². The number of benzene rings is 2. The van der Waals surface area contributed by atoms with Crippen molar-refractivity contribution in [3.63, 3.8) is 0 Å². The average molecular weight is 502 g/mol. The molecule has 0 saturated carbocycles. The van der Waals surface area contributed by atoms with Crippen LogP contribution < -0.4 is 5.32 Å². The summed E-state index contributed by atoms with van der Waals surface area (Å²) in [4.78, 5) is 22.8. The summed E-state index contributed by atoms with van der Waals surface area (Å²) in [7, 11) is 0. The Morgan fingerprint density at radius 1 is 1.03 bits per heavy atom. The number of rotatable bonds is 13. The molecule has 0 radical (unpaired) electrons. The van der Waals surface area contributed by atoms with E-state index in [0.29, 0.717) is 15.9 Å². The number of thioether (sulfide) groups is 1. The number of amides is 1. The van der Waals surface area contributed by atoms with Crippen LogP contribution in [0.15, 0.2) is 53.7 Å². The Balaban J connectivity index is 1.65. The zero-order valence-corrected chi connectivity index (χ0v) is 20.6. The van der Waals surface area contributed by atoms with Crippen molar-refractivity contribution < 1.29 is 9.72 Å². The number of nitrogens with one attached hydrogen (secondary N) is 1. The molecule has 1 amide bonds. The van der Waals surface area contributed by atoms with Crippen LogP contribution in [0.1, 0.15) is 45.4 Å². The number of non-ortho nitro benzene ring substituents is 1. The predicted molar refractivity (Wildman–Crippen MR) is 136 cm³/mol. The summed E-state index contributed by atoms with van der Waals surface area (Å²) >= 11 is 7.35. The number of aromatic nitrogens is 3. The van der Waals surface area contributed by atoms with E-state index in [-0.39, 0.29) is 17.3 Å². The van der Waals surface area contributed by atoms with Gasteiger partial charge in [-0.05, 0) is 42.8 Å². The molecule has 0 aliphatic rings. The summed E-state index contributed by atoms with van der Waals surface area (Å²) in [5.74, 6) is 0.677. The SMILES string of the molecule is CCCCCCCCn1c(SCC(=O)Nc2ccc([N+](=O)[O-])cc2)nnc1-c1ccc(Cl)cc1. The van der Waals surface area contributed by atoms with E-state index in [1.54, 1.807) is 0 Å². The molecule has 1 aromatic heterocycles. The van der Waals surface area contributed by atoms with Gasteiger partial charge in [0.05, 0.1) is 10.7 Å². The van der Waals surface area contributed by atoms with E-state index < -0.39 is 4.92 Å². The van der Waals surface area contributed by atoms with E-state index in [1.807, 2.05) is 24.3 Å². The maximum atomic E-state index is 12.5. The molecule has 34 heavy (non-hydrogen) atoms. The number of nitro groups is 1. The molecule has 0 bridgehead atoms. The van der Waals surface area contributed by atoms with E-state index in [1.165, 1.54) is 61.7 Å². The number of nitro benzene ring substituents is 1. The van der Waals surface area contributed by atoms with Crippen LogP contribution in [0, 0.1) is 10.1 Å². The number of carbonyl (C=O) groups is 1. The van der Waals surface area contributed by atoms with Crippen LogP contribution in [0.4, 0.5) is 11.4 Å². The predicted octanol–water partition coefficient (Wildman–Crippen LogP) is 6.60. The Kier molecular flexibility index (Phi) is 9.90. The van der Waals surface area contributed by atoms with Gasteiger partial charge in [0.25, 0.3) is 5.69 Å². The van der Waals surface area contributed by atoms with Crippen molar-refractivity contribution >= 4 is 40.6 Å². The fraction of sp³-hybridized carbons (Fsp3) is 0.375. The molecule has 1 N–H and O–H groups in total. The van der Waals surface area contributed by atoms with Crippen molar-refractivity contribution in [2.75, 3.05) is 11.1 Å². The second-order valence-corrected chi connectivity index (χ2v) is 9.25. The van der Waals surface area contributed by atoms with Crippen LogP contribution in [0.2, 0.25) is 5.02 Å². The van der Waals surface area contributed by atoms with Gasteiger partial charge in [0.15, 0.2) is 11.0 Å². The number of hydrogen-bond donors (Lipinski definition) is 1. The zero-order valence-electron chi connectivity index (χ0n) is 19.1. The quantitative estimate of drug-likeness (QED) is 0.122. The summed E-state index contributed by atoms with van der Waals surface area (Å²) in [6, 6.07) is 13.2. The second-order valence-electron chi connectivity index (χ2n) is 7.87. The molecule has 10 heteroatoms. The van der Waals surface area contributed by atoms with Gasteiger partial charge in [0.1, 0.15) is 0 Å². The Bertz CT molecular complexity index is 1090. The lowest BCUT2D eigenvalue weighted by atomic mass is 10.1. The maximum absolute atomic E-state index is 12.5. The van der Waals surface area contributed by atoms with Crippen LogP contribution in [0.25, 0.3) is 11.4 Å². The normalized spacial score (nSPS) is 10.9. The van der Waals surface area contributed by atoms with Gasteiger partial charge in [0.2, 0.25) is 5.91 Å². The molecular weight excluding hydrogens is 474 g/mol. The number of hydrogen-bond acceptors (Lipinski definition) is 6. The Labute approximate surface area is 208 Å². The molecular formula is C24H28ClN5O3S. The number of unbranched alkanes of at least 4 members (excludes halogenated alkanes) is 5. The van der Waals surface area contributed by atoms with Gasteiger partial charge in [-0.2, -0.15) is 0 Å². The number of carbonyl (C=O) groups excluding carboxylic acids is 1. The molecule has 180 valence electrons. The molecule has 0 aliphatic carbocycles. The zero-order chi connectivity index (χ0) is 24.3. The van der Waals surface area contributed by atoms with E-state index in [2.05, 4.69) is 27.0 Å². The second kappa shape index (κ2) is 13.1. The lowest BCUT2D eigenvalue weighted by molar-refractivity contribution is -0.384. The fourth-order valence-electron chi connectivity index (χ4n) is 3.45. The van der Waals surface area contributed by atoms with Gasteiger partial charge in [-0.1, -0.05) is 62.4 Å². The first-order valence-electron chi connectivity index (χ1n) is 11.3. The largest absolute Gasteiger partial charge is 0.325 e. The van der Waals surface area contributed by atoms with E-state index in [0.717, 1.165) is 30.8 Å². The summed E-state index contributed by atoms with van der Waals surface area (Å²) in [5.41, 5.74) is 1.40. The van der Waals surface area contributed by atoms with Gasteiger partial charge < -0.3 is 9.88 Å². The fourth-order valence-corrected chi connectivity index (χ4v) is 4.34. The highest BCUT2D eigenvalue weighted by Crippen LogP contribution is 2.26. The minimum absolute atomic E-state index is 0.0232. The molecule has 0 unspecified atom stereocenters. The molecule has 1 heterocycles.